The molecule has 104 valence electrons. The number of urea groups is 1. The van der Waals surface area contributed by atoms with Gasteiger partial charge in [0.25, 0.3) is 0 Å². The van der Waals surface area contributed by atoms with Crippen LogP contribution in [-0.4, -0.2) is 35.2 Å². The second-order valence-corrected chi connectivity index (χ2v) is 5.20. The van der Waals surface area contributed by atoms with Gasteiger partial charge in [0.1, 0.15) is 0 Å². The summed E-state index contributed by atoms with van der Waals surface area (Å²) in [4.78, 5) is 14.0. The van der Waals surface area contributed by atoms with Gasteiger partial charge in [-0.25, -0.2) is 4.79 Å². The normalized spacial score (nSPS) is 19.9. The third-order valence-electron chi connectivity index (χ3n) is 3.46. The van der Waals surface area contributed by atoms with E-state index in [-0.39, 0.29) is 18.7 Å². The van der Waals surface area contributed by atoms with Crippen molar-refractivity contribution >= 4 is 23.3 Å². The molecule has 0 aromatic heterocycles. The molecule has 4 nitrogen and oxygen atoms in total. The molecule has 1 aliphatic heterocycles. The monoisotopic (exact) mass is 282 g/mol. The van der Waals surface area contributed by atoms with Crippen molar-refractivity contribution in [1.82, 2.24) is 4.90 Å². The highest BCUT2D eigenvalue weighted by molar-refractivity contribution is 6.33. The zero-order valence-corrected chi connectivity index (χ0v) is 11.6. The number of aliphatic hydroxyl groups is 1. The van der Waals surface area contributed by atoms with Gasteiger partial charge < -0.3 is 15.3 Å². The molecule has 1 unspecified atom stereocenters. The first-order chi connectivity index (χ1) is 9.22. The molecule has 2 rings (SSSR count). The van der Waals surface area contributed by atoms with Crippen molar-refractivity contribution in [2.75, 3.05) is 18.5 Å². The first-order valence-corrected chi connectivity index (χ1v) is 7.03. The van der Waals surface area contributed by atoms with Crippen molar-refractivity contribution in [2.45, 2.75) is 31.7 Å². The van der Waals surface area contributed by atoms with Crippen LogP contribution in [0, 0.1) is 0 Å². The van der Waals surface area contributed by atoms with E-state index < -0.39 is 0 Å². The molecular weight excluding hydrogens is 264 g/mol. The molecule has 1 atom stereocenters. The second-order valence-electron chi connectivity index (χ2n) is 4.79. The number of carbonyl (C=O) groups excluding carboxylic acids is 1. The lowest BCUT2D eigenvalue weighted by Gasteiger charge is -2.28. The fraction of sp³-hybridized carbons (Fsp3) is 0.500. The second kappa shape index (κ2) is 6.78. The number of carbonyl (C=O) groups is 1. The van der Waals surface area contributed by atoms with Crippen LogP contribution in [0.15, 0.2) is 24.3 Å². The van der Waals surface area contributed by atoms with Crippen LogP contribution in [0.2, 0.25) is 5.02 Å². The molecule has 0 radical (unpaired) electrons. The quantitative estimate of drug-likeness (QED) is 0.876. The van der Waals surface area contributed by atoms with Gasteiger partial charge in [-0.05, 0) is 25.0 Å². The van der Waals surface area contributed by atoms with Crippen molar-refractivity contribution < 1.29 is 9.90 Å². The molecule has 0 spiro atoms. The predicted octanol–water partition coefficient (Wildman–Crippen LogP) is 3.11. The number of para-hydroxylation sites is 1. The van der Waals surface area contributed by atoms with Gasteiger partial charge in [0, 0.05) is 6.54 Å². The standard InChI is InChI=1S/C14H19ClN2O2/c15-12-7-3-4-8-13(12)16-14(19)17-9-5-1-2-6-11(17)10-18/h3-4,7-8,11,18H,1-2,5-6,9-10H2,(H,16,19). The summed E-state index contributed by atoms with van der Waals surface area (Å²) < 4.78 is 0. The van der Waals surface area contributed by atoms with Gasteiger partial charge in [0.05, 0.1) is 23.4 Å². The number of likely N-dealkylation sites (tertiary alicyclic amines) is 1. The molecule has 2 N–H and O–H groups in total. The van der Waals surface area contributed by atoms with Crippen LogP contribution in [0.4, 0.5) is 10.5 Å². The maximum Gasteiger partial charge on any atom is 0.322 e. The maximum atomic E-state index is 12.3. The van der Waals surface area contributed by atoms with E-state index >= 15 is 0 Å². The molecular formula is C14H19ClN2O2. The highest BCUT2D eigenvalue weighted by Crippen LogP contribution is 2.22. The number of hydrogen-bond acceptors (Lipinski definition) is 2. The summed E-state index contributed by atoms with van der Waals surface area (Å²) in [7, 11) is 0. The predicted molar refractivity (Wildman–Crippen MR) is 76.5 cm³/mol. The third-order valence-corrected chi connectivity index (χ3v) is 3.79. The average Bonchev–Trinajstić information content (AvgIpc) is 2.66. The smallest absolute Gasteiger partial charge is 0.322 e. The van der Waals surface area contributed by atoms with Crippen molar-refractivity contribution in [3.05, 3.63) is 29.3 Å². The average molecular weight is 283 g/mol. The number of hydrogen-bond donors (Lipinski definition) is 2. The zero-order valence-electron chi connectivity index (χ0n) is 10.8. The minimum atomic E-state index is -0.186. The van der Waals surface area contributed by atoms with E-state index in [0.717, 1.165) is 25.7 Å². The van der Waals surface area contributed by atoms with Crippen LogP contribution in [0.25, 0.3) is 0 Å². The summed E-state index contributed by atoms with van der Waals surface area (Å²) in [5, 5.41) is 12.7. The molecule has 1 aliphatic rings. The number of amides is 2. The van der Waals surface area contributed by atoms with Crippen LogP contribution in [0.1, 0.15) is 25.7 Å². The molecule has 1 heterocycles. The summed E-state index contributed by atoms with van der Waals surface area (Å²) >= 11 is 6.03. The van der Waals surface area contributed by atoms with E-state index in [2.05, 4.69) is 5.32 Å². The highest BCUT2D eigenvalue weighted by Gasteiger charge is 2.25. The summed E-state index contributed by atoms with van der Waals surface area (Å²) in [6.07, 6.45) is 3.99. The van der Waals surface area contributed by atoms with E-state index in [1.807, 2.05) is 12.1 Å². The van der Waals surface area contributed by atoms with E-state index in [4.69, 9.17) is 11.6 Å². The van der Waals surface area contributed by atoms with Crippen molar-refractivity contribution in [3.8, 4) is 0 Å². The molecule has 1 aromatic rings. The Kier molecular flexibility index (Phi) is 5.05. The van der Waals surface area contributed by atoms with Gasteiger partial charge in [0.2, 0.25) is 0 Å². The Balaban J connectivity index is 2.07. The Hall–Kier alpha value is -1.26. The number of aliphatic hydroxyl groups excluding tert-OH is 1. The minimum absolute atomic E-state index is 0.00986. The number of benzene rings is 1. The van der Waals surface area contributed by atoms with Gasteiger partial charge in [-0.3, -0.25) is 0 Å². The van der Waals surface area contributed by atoms with Crippen molar-refractivity contribution in [1.29, 1.82) is 0 Å². The molecule has 5 heteroatoms. The summed E-state index contributed by atoms with van der Waals surface area (Å²) in [5.41, 5.74) is 0.607. The van der Waals surface area contributed by atoms with Crippen LogP contribution < -0.4 is 5.32 Å². The molecule has 1 fully saturated rings. The summed E-state index contributed by atoms with van der Waals surface area (Å²) in [5.74, 6) is 0. The fourth-order valence-electron chi connectivity index (χ4n) is 2.38. The molecule has 2 amide bonds. The Morgan fingerprint density at radius 2 is 2.16 bits per heavy atom. The van der Waals surface area contributed by atoms with E-state index in [0.29, 0.717) is 17.3 Å². The largest absolute Gasteiger partial charge is 0.394 e. The number of nitrogens with zero attached hydrogens (tertiary/aromatic N) is 1. The number of nitrogens with one attached hydrogen (secondary N) is 1. The zero-order chi connectivity index (χ0) is 13.7. The highest BCUT2D eigenvalue weighted by atomic mass is 35.5. The lowest BCUT2D eigenvalue weighted by atomic mass is 10.1. The van der Waals surface area contributed by atoms with Gasteiger partial charge in [-0.1, -0.05) is 36.6 Å². The summed E-state index contributed by atoms with van der Waals surface area (Å²) in [6.45, 7) is 0.692. The first kappa shape index (κ1) is 14.2. The van der Waals surface area contributed by atoms with Crippen molar-refractivity contribution in [2.24, 2.45) is 0 Å². The molecule has 1 aromatic carbocycles. The van der Waals surface area contributed by atoms with Crippen molar-refractivity contribution in [3.63, 3.8) is 0 Å². The molecule has 19 heavy (non-hydrogen) atoms. The van der Waals surface area contributed by atoms with Crippen LogP contribution in [-0.2, 0) is 0 Å². The van der Waals surface area contributed by atoms with Gasteiger partial charge in [-0.2, -0.15) is 0 Å². The van der Waals surface area contributed by atoms with E-state index in [9.17, 15) is 9.90 Å². The molecule has 0 aliphatic carbocycles. The lowest BCUT2D eigenvalue weighted by Crippen LogP contribution is -2.44. The Morgan fingerprint density at radius 1 is 1.37 bits per heavy atom. The first-order valence-electron chi connectivity index (χ1n) is 6.65. The molecule has 1 saturated heterocycles. The van der Waals surface area contributed by atoms with Crippen LogP contribution in [0.5, 0.6) is 0 Å². The van der Waals surface area contributed by atoms with E-state index in [1.165, 1.54) is 0 Å². The minimum Gasteiger partial charge on any atom is -0.394 e. The topological polar surface area (TPSA) is 52.6 Å². The molecule has 0 saturated carbocycles. The Labute approximate surface area is 118 Å². The molecule has 0 bridgehead atoms. The third kappa shape index (κ3) is 3.61. The summed E-state index contributed by atoms with van der Waals surface area (Å²) in [6, 6.07) is 6.88. The number of anilines is 1. The Morgan fingerprint density at radius 3 is 2.89 bits per heavy atom. The van der Waals surface area contributed by atoms with Gasteiger partial charge in [-0.15, -0.1) is 0 Å². The maximum absolute atomic E-state index is 12.3. The van der Waals surface area contributed by atoms with Gasteiger partial charge >= 0.3 is 6.03 Å². The van der Waals surface area contributed by atoms with Crippen LogP contribution >= 0.6 is 11.6 Å². The Bertz CT molecular complexity index is 439. The fourth-order valence-corrected chi connectivity index (χ4v) is 2.57. The SMILES string of the molecule is O=C(Nc1ccccc1Cl)N1CCCCCC1CO. The number of halogens is 1. The van der Waals surface area contributed by atoms with Crippen LogP contribution in [0.3, 0.4) is 0 Å². The van der Waals surface area contributed by atoms with Gasteiger partial charge in [0.15, 0.2) is 0 Å². The lowest BCUT2D eigenvalue weighted by molar-refractivity contribution is 0.142. The number of rotatable bonds is 2. The van der Waals surface area contributed by atoms with E-state index in [1.54, 1.807) is 17.0 Å².